The number of hydrogen-bond donors (Lipinski definition) is 0. The van der Waals surface area contributed by atoms with Gasteiger partial charge in [-0.05, 0) is 17.5 Å². The Labute approximate surface area is 75.9 Å². The summed E-state index contributed by atoms with van der Waals surface area (Å²) in [4.78, 5) is 0. The van der Waals surface area contributed by atoms with Crippen LogP contribution in [0.2, 0.25) is 0 Å². The number of aryl methyl sites for hydroxylation is 1. The maximum atomic E-state index is 3.69. The maximum Gasteiger partial charge on any atom is -0.0262 e. The van der Waals surface area contributed by atoms with Gasteiger partial charge in [0.25, 0.3) is 0 Å². The van der Waals surface area contributed by atoms with Crippen molar-refractivity contribution in [3.63, 3.8) is 0 Å². The molecule has 1 rings (SSSR count). The third-order valence-corrected chi connectivity index (χ3v) is 1.62. The summed E-state index contributed by atoms with van der Waals surface area (Å²) in [7, 11) is 0. The molecule has 0 nitrogen and oxygen atoms in total. The van der Waals surface area contributed by atoms with Crippen LogP contribution in [0.1, 0.15) is 31.9 Å². The molecule has 0 aliphatic carbocycles. The van der Waals surface area contributed by atoms with Crippen LogP contribution < -0.4 is 0 Å². The molecule has 0 aromatic heterocycles. The monoisotopic (exact) mass is 162 g/mol. The van der Waals surface area contributed by atoms with Gasteiger partial charge in [0.2, 0.25) is 0 Å². The number of rotatable bonds is 2. The van der Waals surface area contributed by atoms with Gasteiger partial charge < -0.3 is 0 Å². The third-order valence-electron chi connectivity index (χ3n) is 1.62. The van der Waals surface area contributed by atoms with E-state index in [0.29, 0.717) is 0 Å². The normalized spacial score (nSPS) is 8.25. The van der Waals surface area contributed by atoms with Crippen LogP contribution in [0.4, 0.5) is 0 Å². The summed E-state index contributed by atoms with van der Waals surface area (Å²) in [5.74, 6) is 0. The van der Waals surface area contributed by atoms with Gasteiger partial charge in [-0.25, -0.2) is 0 Å². The van der Waals surface area contributed by atoms with E-state index in [1.54, 1.807) is 0 Å². The molecule has 0 spiro atoms. The van der Waals surface area contributed by atoms with E-state index in [4.69, 9.17) is 0 Å². The molecule has 0 bridgehead atoms. The molecular weight excluding hydrogens is 144 g/mol. The topological polar surface area (TPSA) is 0 Å². The maximum absolute atomic E-state index is 3.69. The first kappa shape index (κ1) is 11.0. The van der Waals surface area contributed by atoms with Crippen LogP contribution in [0.15, 0.2) is 30.8 Å². The van der Waals surface area contributed by atoms with E-state index in [9.17, 15) is 0 Å². The van der Waals surface area contributed by atoms with Crippen molar-refractivity contribution in [1.29, 1.82) is 0 Å². The molecule has 66 valence electrons. The van der Waals surface area contributed by atoms with E-state index in [1.807, 2.05) is 19.9 Å². The van der Waals surface area contributed by atoms with Crippen molar-refractivity contribution in [2.75, 3.05) is 0 Å². The Bertz CT molecular complexity index is 206. The van der Waals surface area contributed by atoms with Crippen molar-refractivity contribution in [3.05, 3.63) is 42.0 Å². The SMILES string of the molecule is C=Cc1ccc(CC)cc1.CC. The van der Waals surface area contributed by atoms with E-state index in [2.05, 4.69) is 37.8 Å². The first-order valence-corrected chi connectivity index (χ1v) is 4.58. The van der Waals surface area contributed by atoms with Crippen LogP contribution >= 0.6 is 0 Å². The van der Waals surface area contributed by atoms with Crippen LogP contribution in [-0.2, 0) is 6.42 Å². The highest BCUT2D eigenvalue weighted by molar-refractivity contribution is 5.47. The fourth-order valence-electron chi connectivity index (χ4n) is 0.889. The quantitative estimate of drug-likeness (QED) is 0.618. The summed E-state index contributed by atoms with van der Waals surface area (Å²) in [6.07, 6.45) is 2.97. The largest absolute Gasteiger partial charge is 0.0985 e. The molecular formula is C12H18. The lowest BCUT2D eigenvalue weighted by Crippen LogP contribution is -1.78. The van der Waals surface area contributed by atoms with Crippen molar-refractivity contribution in [2.45, 2.75) is 27.2 Å². The van der Waals surface area contributed by atoms with E-state index >= 15 is 0 Å². The van der Waals surface area contributed by atoms with Crippen LogP contribution in [0.25, 0.3) is 6.08 Å². The zero-order valence-electron chi connectivity index (χ0n) is 8.30. The molecule has 0 heteroatoms. The number of hydrogen-bond acceptors (Lipinski definition) is 0. The third kappa shape index (κ3) is 3.38. The second-order valence-corrected chi connectivity index (χ2v) is 2.30. The molecule has 0 saturated carbocycles. The fourth-order valence-corrected chi connectivity index (χ4v) is 0.889. The van der Waals surface area contributed by atoms with Crippen LogP contribution in [-0.4, -0.2) is 0 Å². The summed E-state index contributed by atoms with van der Waals surface area (Å²) in [5.41, 5.74) is 2.57. The molecule has 12 heavy (non-hydrogen) atoms. The number of benzene rings is 1. The molecule has 1 aromatic carbocycles. The lowest BCUT2D eigenvalue weighted by molar-refractivity contribution is 1.14. The Morgan fingerprint density at radius 1 is 1.17 bits per heavy atom. The zero-order valence-corrected chi connectivity index (χ0v) is 8.30. The summed E-state index contributed by atoms with van der Waals surface area (Å²) < 4.78 is 0. The highest BCUT2D eigenvalue weighted by Crippen LogP contribution is 2.05. The summed E-state index contributed by atoms with van der Waals surface area (Å²) in [6.45, 7) is 9.84. The Morgan fingerprint density at radius 2 is 1.67 bits per heavy atom. The van der Waals surface area contributed by atoms with Gasteiger partial charge in [-0.3, -0.25) is 0 Å². The lowest BCUT2D eigenvalue weighted by atomic mass is 10.1. The van der Waals surface area contributed by atoms with Crippen molar-refractivity contribution in [2.24, 2.45) is 0 Å². The first-order valence-electron chi connectivity index (χ1n) is 4.58. The molecule has 0 amide bonds. The van der Waals surface area contributed by atoms with Crippen molar-refractivity contribution in [3.8, 4) is 0 Å². The lowest BCUT2D eigenvalue weighted by Gasteiger charge is -1.95. The Kier molecular flexibility index (Phi) is 6.08. The molecule has 0 fully saturated rings. The molecule has 0 unspecified atom stereocenters. The zero-order chi connectivity index (χ0) is 9.40. The second kappa shape index (κ2) is 6.66. The summed E-state index contributed by atoms with van der Waals surface area (Å²) in [5, 5.41) is 0. The molecule has 0 aliphatic heterocycles. The van der Waals surface area contributed by atoms with Gasteiger partial charge >= 0.3 is 0 Å². The van der Waals surface area contributed by atoms with E-state index < -0.39 is 0 Å². The molecule has 1 aromatic rings. The van der Waals surface area contributed by atoms with E-state index in [0.717, 1.165) is 6.42 Å². The standard InChI is InChI=1S/C10H12.C2H6/c1-3-9-5-7-10(4-2)8-6-9;1-2/h3,5-8H,1,4H2,2H3;1-2H3. The molecule has 0 atom stereocenters. The van der Waals surface area contributed by atoms with Gasteiger partial charge in [0, 0.05) is 0 Å². The predicted octanol–water partition coefficient (Wildman–Crippen LogP) is 3.92. The van der Waals surface area contributed by atoms with Crippen molar-refractivity contribution < 1.29 is 0 Å². The minimum Gasteiger partial charge on any atom is -0.0985 e. The molecule has 0 heterocycles. The predicted molar refractivity (Wildman–Crippen MR) is 57.3 cm³/mol. The Balaban J connectivity index is 0.000000561. The van der Waals surface area contributed by atoms with E-state index in [1.165, 1.54) is 11.1 Å². The van der Waals surface area contributed by atoms with E-state index in [-0.39, 0.29) is 0 Å². The smallest absolute Gasteiger partial charge is 0.0262 e. The second-order valence-electron chi connectivity index (χ2n) is 2.30. The minimum atomic E-state index is 1.11. The Hall–Kier alpha value is -1.04. The van der Waals surface area contributed by atoms with Gasteiger partial charge in [0.1, 0.15) is 0 Å². The molecule has 0 N–H and O–H groups in total. The van der Waals surface area contributed by atoms with Gasteiger partial charge in [-0.1, -0.05) is 57.7 Å². The van der Waals surface area contributed by atoms with Gasteiger partial charge in [-0.15, -0.1) is 0 Å². The molecule has 0 radical (unpaired) electrons. The fraction of sp³-hybridized carbons (Fsp3) is 0.333. The van der Waals surface area contributed by atoms with Crippen LogP contribution in [0.3, 0.4) is 0 Å². The summed E-state index contributed by atoms with van der Waals surface area (Å²) >= 11 is 0. The highest BCUT2D eigenvalue weighted by atomic mass is 13.9. The molecule has 0 aliphatic rings. The minimum absolute atomic E-state index is 1.11. The van der Waals surface area contributed by atoms with Gasteiger partial charge in [0.05, 0.1) is 0 Å². The Morgan fingerprint density at radius 3 is 2.00 bits per heavy atom. The summed E-state index contributed by atoms with van der Waals surface area (Å²) in [6, 6.07) is 8.45. The van der Waals surface area contributed by atoms with Crippen molar-refractivity contribution >= 4 is 6.08 Å². The average molecular weight is 162 g/mol. The van der Waals surface area contributed by atoms with Crippen LogP contribution in [0.5, 0.6) is 0 Å². The first-order chi connectivity index (χ1) is 5.86. The van der Waals surface area contributed by atoms with Crippen molar-refractivity contribution in [1.82, 2.24) is 0 Å². The van der Waals surface area contributed by atoms with Gasteiger partial charge in [0.15, 0.2) is 0 Å². The van der Waals surface area contributed by atoms with Gasteiger partial charge in [-0.2, -0.15) is 0 Å². The molecule has 0 saturated heterocycles. The average Bonchev–Trinajstić information content (AvgIpc) is 2.21. The highest BCUT2D eigenvalue weighted by Gasteiger charge is 1.86. The van der Waals surface area contributed by atoms with Crippen LogP contribution in [0, 0.1) is 0 Å².